The Morgan fingerprint density at radius 1 is 1.36 bits per heavy atom. The van der Waals surface area contributed by atoms with E-state index in [-0.39, 0.29) is 11.4 Å². The molecule has 14 heavy (non-hydrogen) atoms. The first-order valence-corrected chi connectivity index (χ1v) is 3.98. The molecule has 70 valence electrons. The second-order valence-electron chi connectivity index (χ2n) is 2.73. The van der Waals surface area contributed by atoms with E-state index >= 15 is 0 Å². The van der Waals surface area contributed by atoms with E-state index < -0.39 is 0 Å². The number of nitrogens with zero attached hydrogens (tertiary/aromatic N) is 2. The molecule has 0 fully saturated rings. The van der Waals surface area contributed by atoms with Crippen molar-refractivity contribution in [3.05, 3.63) is 35.4 Å². The molecule has 0 bridgehead atoms. The lowest BCUT2D eigenvalue weighted by Gasteiger charge is -2.03. The summed E-state index contributed by atoms with van der Waals surface area (Å²) in [7, 11) is 0. The number of anilines is 1. The van der Waals surface area contributed by atoms with Gasteiger partial charge < -0.3 is 0 Å². The van der Waals surface area contributed by atoms with Gasteiger partial charge in [-0.2, -0.15) is 0 Å². The Balaban J connectivity index is 2.83. The molecule has 5 heteroatoms. The molecule has 0 aliphatic rings. The summed E-state index contributed by atoms with van der Waals surface area (Å²) in [5.41, 5.74) is 3.03. The number of nitrogens with one attached hydrogen (secondary N) is 1. The molecule has 0 saturated heterocycles. The van der Waals surface area contributed by atoms with Crippen LogP contribution >= 0.6 is 0 Å². The predicted molar refractivity (Wildman–Crippen MR) is 52.6 cm³/mol. The third-order valence-electron chi connectivity index (χ3n) is 1.97. The Kier molecular flexibility index (Phi) is 2.08. The molecule has 0 amide bonds. The van der Waals surface area contributed by atoms with Gasteiger partial charge >= 0.3 is 0 Å². The number of rotatable bonds is 2. The summed E-state index contributed by atoms with van der Waals surface area (Å²) in [6.45, 7) is 0. The highest BCUT2D eigenvalue weighted by atomic mass is 16.5. The topological polar surface area (TPSA) is 74.6 Å². The average Bonchev–Trinajstić information content (AvgIpc) is 2.27. The van der Waals surface area contributed by atoms with Crippen LogP contribution in [0.1, 0.15) is 0 Å². The normalized spacial score (nSPS) is 10.1. The summed E-state index contributed by atoms with van der Waals surface area (Å²) >= 11 is 0. The molecule has 5 nitrogen and oxygen atoms in total. The van der Waals surface area contributed by atoms with Crippen LogP contribution in [0, 0.1) is 4.91 Å². The van der Waals surface area contributed by atoms with Gasteiger partial charge in [-0.25, -0.2) is 0 Å². The molecule has 1 aromatic carbocycles. The van der Waals surface area contributed by atoms with Crippen LogP contribution in [0.4, 0.5) is 11.4 Å². The van der Waals surface area contributed by atoms with Gasteiger partial charge in [-0.3, -0.25) is 15.7 Å². The third-order valence-corrected chi connectivity index (χ3v) is 1.97. The molecule has 0 aliphatic carbocycles. The minimum atomic E-state index is 0.165. The Morgan fingerprint density at radius 2 is 2.21 bits per heavy atom. The maximum atomic E-state index is 10.6. The highest BCUT2D eigenvalue weighted by Crippen LogP contribution is 2.32. The number of hydrogen-bond acceptors (Lipinski definition) is 5. The lowest BCUT2D eigenvalue weighted by atomic mass is 10.1. The lowest BCUT2D eigenvalue weighted by molar-refractivity contribution is 0.389. The van der Waals surface area contributed by atoms with E-state index in [2.05, 4.69) is 10.2 Å². The SMILES string of the molecule is O=Nc1c(NO)ccc2ncccc12. The van der Waals surface area contributed by atoms with Crippen molar-refractivity contribution in [1.82, 2.24) is 4.98 Å². The molecule has 2 N–H and O–H groups in total. The van der Waals surface area contributed by atoms with Gasteiger partial charge in [0.2, 0.25) is 0 Å². The summed E-state index contributed by atoms with van der Waals surface area (Å²) in [4.78, 5) is 14.6. The number of benzene rings is 1. The largest absolute Gasteiger partial charge is 0.291 e. The third kappa shape index (κ3) is 1.20. The van der Waals surface area contributed by atoms with Crippen molar-refractivity contribution in [3.63, 3.8) is 0 Å². The van der Waals surface area contributed by atoms with Crippen molar-refractivity contribution in [1.29, 1.82) is 0 Å². The van der Waals surface area contributed by atoms with Gasteiger partial charge in [0.15, 0.2) is 0 Å². The lowest BCUT2D eigenvalue weighted by Crippen LogP contribution is -1.90. The number of hydrogen-bond donors (Lipinski definition) is 2. The standard InChI is InChI=1S/C9H7N3O2/c13-11-8-4-3-7-6(9(8)12-14)2-1-5-10-7/h1-5,11,13H. The second-order valence-corrected chi connectivity index (χ2v) is 2.73. The maximum absolute atomic E-state index is 10.6. The average molecular weight is 189 g/mol. The van der Waals surface area contributed by atoms with E-state index in [1.54, 1.807) is 30.5 Å². The summed E-state index contributed by atoms with van der Waals surface area (Å²) in [6, 6.07) is 6.67. The zero-order valence-electron chi connectivity index (χ0n) is 7.14. The fourth-order valence-corrected chi connectivity index (χ4v) is 1.33. The van der Waals surface area contributed by atoms with Gasteiger partial charge in [0.25, 0.3) is 0 Å². The summed E-state index contributed by atoms with van der Waals surface area (Å²) in [5.74, 6) is 0. The second kappa shape index (κ2) is 3.39. The van der Waals surface area contributed by atoms with Crippen LogP contribution in [0.5, 0.6) is 0 Å². The van der Waals surface area contributed by atoms with Gasteiger partial charge in [-0.15, -0.1) is 4.91 Å². The van der Waals surface area contributed by atoms with Gasteiger partial charge in [-0.1, -0.05) is 0 Å². The molecular formula is C9H7N3O2. The Bertz CT molecular complexity index is 484. The zero-order valence-corrected chi connectivity index (χ0v) is 7.14. The van der Waals surface area contributed by atoms with Gasteiger partial charge in [0.1, 0.15) is 5.69 Å². The first-order chi connectivity index (χ1) is 6.86. The van der Waals surface area contributed by atoms with Crippen molar-refractivity contribution in [3.8, 4) is 0 Å². The number of fused-ring (bicyclic) bond motifs is 1. The Morgan fingerprint density at radius 3 is 2.93 bits per heavy atom. The first kappa shape index (κ1) is 8.58. The van der Waals surface area contributed by atoms with Crippen LogP contribution in [0.2, 0.25) is 0 Å². The number of nitroso groups, excluding NO2 is 1. The van der Waals surface area contributed by atoms with Crippen LogP contribution < -0.4 is 5.48 Å². The molecule has 0 spiro atoms. The molecule has 0 unspecified atom stereocenters. The molecule has 0 saturated carbocycles. The zero-order chi connectivity index (χ0) is 9.97. The van der Waals surface area contributed by atoms with Crippen molar-refractivity contribution in [2.75, 3.05) is 5.48 Å². The van der Waals surface area contributed by atoms with Gasteiger partial charge in [0.05, 0.1) is 11.2 Å². The fraction of sp³-hybridized carbons (Fsp3) is 0. The van der Waals surface area contributed by atoms with Crippen molar-refractivity contribution < 1.29 is 5.21 Å². The highest BCUT2D eigenvalue weighted by Gasteiger charge is 2.07. The van der Waals surface area contributed by atoms with Crippen molar-refractivity contribution in [2.45, 2.75) is 0 Å². The van der Waals surface area contributed by atoms with Crippen LogP contribution in [0.25, 0.3) is 10.9 Å². The van der Waals surface area contributed by atoms with E-state index in [9.17, 15) is 4.91 Å². The van der Waals surface area contributed by atoms with Crippen LogP contribution in [-0.2, 0) is 0 Å². The molecule has 0 aliphatic heterocycles. The number of aromatic nitrogens is 1. The van der Waals surface area contributed by atoms with Crippen molar-refractivity contribution >= 4 is 22.3 Å². The molecular weight excluding hydrogens is 182 g/mol. The number of pyridine rings is 1. The molecule has 1 heterocycles. The Labute approximate surface area is 79.3 Å². The fourth-order valence-electron chi connectivity index (χ4n) is 1.33. The van der Waals surface area contributed by atoms with Crippen LogP contribution in [0.3, 0.4) is 0 Å². The van der Waals surface area contributed by atoms with Gasteiger partial charge in [0, 0.05) is 11.6 Å². The molecule has 2 aromatic rings. The van der Waals surface area contributed by atoms with E-state index in [0.717, 1.165) is 0 Å². The molecule has 0 atom stereocenters. The van der Waals surface area contributed by atoms with Gasteiger partial charge in [-0.05, 0) is 29.4 Å². The molecule has 2 rings (SSSR count). The summed E-state index contributed by atoms with van der Waals surface area (Å²) < 4.78 is 0. The van der Waals surface area contributed by atoms with E-state index in [1.807, 2.05) is 5.48 Å². The van der Waals surface area contributed by atoms with E-state index in [1.165, 1.54) is 0 Å². The maximum Gasteiger partial charge on any atom is 0.142 e. The monoisotopic (exact) mass is 189 g/mol. The molecule has 1 aromatic heterocycles. The predicted octanol–water partition coefficient (Wildman–Crippen LogP) is 2.43. The quantitative estimate of drug-likeness (QED) is 0.562. The summed E-state index contributed by atoms with van der Waals surface area (Å²) in [5, 5.41) is 12.2. The van der Waals surface area contributed by atoms with Crippen LogP contribution in [-0.4, -0.2) is 10.2 Å². The molecule has 0 radical (unpaired) electrons. The summed E-state index contributed by atoms with van der Waals surface area (Å²) in [6.07, 6.45) is 1.63. The Hall–Kier alpha value is -2.01. The van der Waals surface area contributed by atoms with E-state index in [0.29, 0.717) is 10.9 Å². The smallest absolute Gasteiger partial charge is 0.142 e. The van der Waals surface area contributed by atoms with Crippen LogP contribution in [0.15, 0.2) is 35.6 Å². The first-order valence-electron chi connectivity index (χ1n) is 3.98. The van der Waals surface area contributed by atoms with Crippen molar-refractivity contribution in [2.24, 2.45) is 5.18 Å². The van der Waals surface area contributed by atoms with E-state index in [4.69, 9.17) is 5.21 Å². The minimum Gasteiger partial charge on any atom is -0.291 e. The highest BCUT2D eigenvalue weighted by molar-refractivity contribution is 5.96. The minimum absolute atomic E-state index is 0.165.